The average Bonchev–Trinajstić information content (AvgIpc) is 2.69. The van der Waals surface area contributed by atoms with Crippen LogP contribution in [-0.2, 0) is 14.3 Å². The van der Waals surface area contributed by atoms with Crippen LogP contribution in [0.2, 0.25) is 0 Å². The second-order valence-electron chi connectivity index (χ2n) is 8.37. The number of benzene rings is 1. The predicted octanol–water partition coefficient (Wildman–Crippen LogP) is 3.80. The number of rotatable bonds is 10. The summed E-state index contributed by atoms with van der Waals surface area (Å²) in [5.74, 6) is -0.560. The van der Waals surface area contributed by atoms with Crippen molar-refractivity contribution in [3.63, 3.8) is 0 Å². The lowest BCUT2D eigenvalue weighted by molar-refractivity contribution is -0.142. The highest BCUT2D eigenvalue weighted by Gasteiger charge is 2.34. The number of carbonyl (C=O) groups is 3. The summed E-state index contributed by atoms with van der Waals surface area (Å²) in [7, 11) is 0. The van der Waals surface area contributed by atoms with E-state index < -0.39 is 17.7 Å². The van der Waals surface area contributed by atoms with Crippen LogP contribution >= 0.6 is 0 Å². The molecule has 0 spiro atoms. The monoisotopic (exact) mass is 419 g/mol. The number of ether oxygens (including phenoxy) is 1. The molecule has 0 fully saturated rings. The number of carbonyl (C=O) groups excluding carboxylic acids is 3. The van der Waals surface area contributed by atoms with Crippen LogP contribution in [0, 0.1) is 0 Å². The van der Waals surface area contributed by atoms with E-state index in [1.807, 2.05) is 44.2 Å². The zero-order valence-corrected chi connectivity index (χ0v) is 19.2. The van der Waals surface area contributed by atoms with E-state index in [0.29, 0.717) is 13.0 Å². The number of hydrogen-bond donors (Lipinski definition) is 2. The van der Waals surface area contributed by atoms with Crippen LogP contribution in [0.25, 0.3) is 0 Å². The molecule has 0 saturated carbocycles. The Morgan fingerprint density at radius 1 is 1.07 bits per heavy atom. The quantitative estimate of drug-likeness (QED) is 0.565. The molecule has 2 atom stereocenters. The van der Waals surface area contributed by atoms with E-state index in [9.17, 15) is 14.4 Å². The molecule has 0 aromatic heterocycles. The maximum Gasteiger partial charge on any atom is 0.408 e. The number of nitrogens with zero attached hydrogens (tertiary/aromatic N) is 1. The van der Waals surface area contributed by atoms with E-state index in [-0.39, 0.29) is 24.4 Å². The Labute approximate surface area is 180 Å². The van der Waals surface area contributed by atoms with Crippen molar-refractivity contribution >= 4 is 17.9 Å². The zero-order valence-electron chi connectivity index (χ0n) is 19.2. The van der Waals surface area contributed by atoms with Gasteiger partial charge in [-0.3, -0.25) is 9.59 Å². The third-order valence-electron chi connectivity index (χ3n) is 4.61. The van der Waals surface area contributed by atoms with Crippen LogP contribution < -0.4 is 10.6 Å². The first-order valence-electron chi connectivity index (χ1n) is 10.7. The van der Waals surface area contributed by atoms with Crippen LogP contribution in [0.3, 0.4) is 0 Å². The van der Waals surface area contributed by atoms with E-state index in [4.69, 9.17) is 4.74 Å². The van der Waals surface area contributed by atoms with Gasteiger partial charge in [0.05, 0.1) is 0 Å². The van der Waals surface area contributed by atoms with E-state index in [0.717, 1.165) is 18.4 Å². The first kappa shape index (κ1) is 25.5. The second-order valence-corrected chi connectivity index (χ2v) is 8.37. The van der Waals surface area contributed by atoms with Crippen molar-refractivity contribution in [2.45, 2.75) is 78.5 Å². The summed E-state index contributed by atoms with van der Waals surface area (Å²) < 4.78 is 5.21. The Balaban J connectivity index is 3.09. The topological polar surface area (TPSA) is 87.7 Å². The van der Waals surface area contributed by atoms with E-state index in [1.54, 1.807) is 25.7 Å². The SMILES string of the molecule is CCCCNC(=O)C(c1ccccc1)N(C(=O)CNC(=O)OC(C)(C)C)C(C)CC. The lowest BCUT2D eigenvalue weighted by atomic mass is 10.0. The Bertz CT molecular complexity index is 685. The van der Waals surface area contributed by atoms with Crippen molar-refractivity contribution in [3.8, 4) is 0 Å². The third-order valence-corrected chi connectivity index (χ3v) is 4.61. The van der Waals surface area contributed by atoms with E-state index in [2.05, 4.69) is 17.6 Å². The second kappa shape index (κ2) is 12.2. The van der Waals surface area contributed by atoms with Crippen LogP contribution in [0.1, 0.15) is 72.4 Å². The molecule has 7 nitrogen and oxygen atoms in total. The molecule has 1 rings (SSSR count). The minimum Gasteiger partial charge on any atom is -0.444 e. The summed E-state index contributed by atoms with van der Waals surface area (Å²) in [5.41, 5.74) is 0.0762. The highest BCUT2D eigenvalue weighted by molar-refractivity contribution is 5.90. The molecule has 0 bridgehead atoms. The lowest BCUT2D eigenvalue weighted by Gasteiger charge is -2.36. The molecular formula is C23H37N3O4. The number of alkyl carbamates (subject to hydrolysis) is 1. The summed E-state index contributed by atoms with van der Waals surface area (Å²) in [5, 5.41) is 5.46. The fraction of sp³-hybridized carbons (Fsp3) is 0.609. The summed E-state index contributed by atoms with van der Waals surface area (Å²) in [6.07, 6.45) is 1.84. The van der Waals surface area contributed by atoms with E-state index in [1.165, 1.54) is 0 Å². The largest absolute Gasteiger partial charge is 0.444 e. The predicted molar refractivity (Wildman–Crippen MR) is 118 cm³/mol. The summed E-state index contributed by atoms with van der Waals surface area (Å²) in [6.45, 7) is 11.5. The first-order chi connectivity index (χ1) is 14.1. The molecule has 0 heterocycles. The van der Waals surface area contributed by atoms with Gasteiger partial charge >= 0.3 is 6.09 Å². The van der Waals surface area contributed by atoms with Gasteiger partial charge in [0.15, 0.2) is 0 Å². The smallest absolute Gasteiger partial charge is 0.408 e. The van der Waals surface area contributed by atoms with Crippen molar-refractivity contribution < 1.29 is 19.1 Å². The van der Waals surface area contributed by atoms with Crippen molar-refractivity contribution in [1.29, 1.82) is 0 Å². The molecule has 168 valence electrons. The van der Waals surface area contributed by atoms with Crippen LogP contribution in [-0.4, -0.2) is 47.5 Å². The molecule has 1 aromatic carbocycles. The Kier molecular flexibility index (Phi) is 10.4. The molecule has 0 radical (unpaired) electrons. The molecule has 0 aliphatic carbocycles. The van der Waals surface area contributed by atoms with Gasteiger partial charge in [0.1, 0.15) is 18.2 Å². The maximum atomic E-state index is 13.1. The maximum absolute atomic E-state index is 13.1. The number of hydrogen-bond acceptors (Lipinski definition) is 4. The minimum atomic E-state index is -0.772. The third kappa shape index (κ3) is 8.43. The zero-order chi connectivity index (χ0) is 22.7. The van der Waals surface area contributed by atoms with Gasteiger partial charge in [0.25, 0.3) is 0 Å². The van der Waals surface area contributed by atoms with Crippen LogP contribution in [0.4, 0.5) is 4.79 Å². The minimum absolute atomic E-state index is 0.194. The van der Waals surface area contributed by atoms with Crippen LogP contribution in [0.15, 0.2) is 30.3 Å². The molecule has 30 heavy (non-hydrogen) atoms. The molecule has 0 aliphatic rings. The van der Waals surface area contributed by atoms with Crippen molar-refractivity contribution in [3.05, 3.63) is 35.9 Å². The Morgan fingerprint density at radius 3 is 2.23 bits per heavy atom. The normalized spacial score (nSPS) is 13.1. The van der Waals surface area contributed by atoms with E-state index >= 15 is 0 Å². The van der Waals surface area contributed by atoms with Gasteiger partial charge in [-0.15, -0.1) is 0 Å². The molecule has 1 aromatic rings. The highest BCUT2D eigenvalue weighted by atomic mass is 16.6. The molecule has 7 heteroatoms. The Hall–Kier alpha value is -2.57. The Morgan fingerprint density at radius 2 is 1.70 bits per heavy atom. The number of amides is 3. The summed E-state index contributed by atoms with van der Waals surface area (Å²) in [4.78, 5) is 39.8. The highest BCUT2D eigenvalue weighted by Crippen LogP contribution is 2.25. The van der Waals surface area contributed by atoms with Gasteiger partial charge < -0.3 is 20.3 Å². The first-order valence-corrected chi connectivity index (χ1v) is 10.7. The summed E-state index contributed by atoms with van der Waals surface area (Å²) in [6, 6.07) is 8.28. The van der Waals surface area contributed by atoms with Crippen molar-refractivity contribution in [1.82, 2.24) is 15.5 Å². The van der Waals surface area contributed by atoms with Gasteiger partial charge in [0, 0.05) is 12.6 Å². The molecule has 0 aliphatic heterocycles. The van der Waals surface area contributed by atoms with Gasteiger partial charge in [-0.2, -0.15) is 0 Å². The molecular weight excluding hydrogens is 382 g/mol. The lowest BCUT2D eigenvalue weighted by Crippen LogP contribution is -2.51. The summed E-state index contributed by atoms with van der Waals surface area (Å²) >= 11 is 0. The standard InChI is InChI=1S/C23H37N3O4/c1-7-9-15-24-21(28)20(18-13-11-10-12-14-18)26(17(3)8-2)19(27)16-25-22(29)30-23(4,5)6/h10-14,17,20H,7-9,15-16H2,1-6H3,(H,24,28)(H,25,29). The fourth-order valence-electron chi connectivity index (χ4n) is 2.95. The molecule has 3 amide bonds. The molecule has 2 unspecified atom stereocenters. The molecule has 2 N–H and O–H groups in total. The van der Waals surface area contributed by atoms with Gasteiger partial charge in [-0.05, 0) is 46.1 Å². The van der Waals surface area contributed by atoms with Crippen molar-refractivity contribution in [2.24, 2.45) is 0 Å². The van der Waals surface area contributed by atoms with Gasteiger partial charge in [-0.25, -0.2) is 4.79 Å². The number of unbranched alkanes of at least 4 members (excludes halogenated alkanes) is 1. The van der Waals surface area contributed by atoms with Crippen LogP contribution in [0.5, 0.6) is 0 Å². The fourth-order valence-corrected chi connectivity index (χ4v) is 2.95. The van der Waals surface area contributed by atoms with Crippen molar-refractivity contribution in [2.75, 3.05) is 13.1 Å². The number of nitrogens with one attached hydrogen (secondary N) is 2. The molecule has 0 saturated heterocycles. The van der Waals surface area contributed by atoms with Gasteiger partial charge in [-0.1, -0.05) is 50.6 Å². The van der Waals surface area contributed by atoms with Gasteiger partial charge in [0.2, 0.25) is 11.8 Å². The average molecular weight is 420 g/mol.